The predicted molar refractivity (Wildman–Crippen MR) is 108 cm³/mol. The van der Waals surface area contributed by atoms with Gasteiger partial charge in [-0.05, 0) is 35.9 Å². The summed E-state index contributed by atoms with van der Waals surface area (Å²) in [6.45, 7) is 0. The Bertz CT molecular complexity index is 1060. The summed E-state index contributed by atoms with van der Waals surface area (Å²) in [7, 11) is 0. The molecule has 0 spiro atoms. The Morgan fingerprint density at radius 1 is 0.880 bits per heavy atom. The van der Waals surface area contributed by atoms with Gasteiger partial charge in [-0.15, -0.1) is 11.3 Å². The SMILES string of the molecule is Clc1ccc(-c2csc3ncnc(Nc4cc(Cl)ccc4Cl)c23)cc1. The van der Waals surface area contributed by atoms with E-state index in [2.05, 4.69) is 20.7 Å². The number of anilines is 2. The molecule has 2 aromatic heterocycles. The van der Waals surface area contributed by atoms with Crippen LogP contribution in [0.4, 0.5) is 11.5 Å². The molecule has 0 saturated heterocycles. The topological polar surface area (TPSA) is 37.8 Å². The van der Waals surface area contributed by atoms with Crippen molar-refractivity contribution in [2.75, 3.05) is 5.32 Å². The van der Waals surface area contributed by atoms with Crippen molar-refractivity contribution in [2.24, 2.45) is 0 Å². The van der Waals surface area contributed by atoms with E-state index in [-0.39, 0.29) is 0 Å². The van der Waals surface area contributed by atoms with Crippen LogP contribution in [0.15, 0.2) is 54.2 Å². The molecule has 0 radical (unpaired) electrons. The van der Waals surface area contributed by atoms with Gasteiger partial charge in [0.1, 0.15) is 17.0 Å². The average Bonchev–Trinajstić information content (AvgIpc) is 3.04. The van der Waals surface area contributed by atoms with E-state index >= 15 is 0 Å². The van der Waals surface area contributed by atoms with Crippen LogP contribution in [0, 0.1) is 0 Å². The van der Waals surface area contributed by atoms with Crippen LogP contribution in [-0.4, -0.2) is 9.97 Å². The third-order valence-corrected chi connectivity index (χ3v) is 5.41. The number of halogens is 3. The van der Waals surface area contributed by atoms with Gasteiger partial charge in [0.25, 0.3) is 0 Å². The van der Waals surface area contributed by atoms with E-state index in [1.54, 1.807) is 29.5 Å². The van der Waals surface area contributed by atoms with Crippen LogP contribution in [0.25, 0.3) is 21.3 Å². The lowest BCUT2D eigenvalue weighted by Gasteiger charge is -2.10. The Balaban J connectivity index is 1.85. The zero-order valence-electron chi connectivity index (χ0n) is 12.6. The van der Waals surface area contributed by atoms with Crippen LogP contribution < -0.4 is 5.32 Å². The molecule has 2 heterocycles. The van der Waals surface area contributed by atoms with Crippen molar-refractivity contribution in [3.63, 3.8) is 0 Å². The van der Waals surface area contributed by atoms with Crippen molar-refractivity contribution in [3.8, 4) is 11.1 Å². The van der Waals surface area contributed by atoms with E-state index in [0.717, 1.165) is 21.3 Å². The fourth-order valence-electron chi connectivity index (χ4n) is 2.53. The van der Waals surface area contributed by atoms with Crippen LogP contribution in [-0.2, 0) is 0 Å². The molecule has 4 rings (SSSR count). The molecule has 0 aliphatic heterocycles. The van der Waals surface area contributed by atoms with Crippen LogP contribution in [0.2, 0.25) is 15.1 Å². The minimum absolute atomic E-state index is 0.569. The highest BCUT2D eigenvalue weighted by molar-refractivity contribution is 7.17. The first-order valence-corrected chi connectivity index (χ1v) is 9.33. The van der Waals surface area contributed by atoms with Crippen molar-refractivity contribution in [1.82, 2.24) is 9.97 Å². The normalized spacial score (nSPS) is 11.0. The second-order valence-corrected chi connectivity index (χ2v) is 7.45. The number of nitrogens with zero attached hydrogens (tertiary/aromatic N) is 2. The van der Waals surface area contributed by atoms with Gasteiger partial charge in [0, 0.05) is 21.0 Å². The van der Waals surface area contributed by atoms with Gasteiger partial charge >= 0.3 is 0 Å². The van der Waals surface area contributed by atoms with Gasteiger partial charge in [0.05, 0.1) is 16.1 Å². The van der Waals surface area contributed by atoms with Crippen molar-refractivity contribution in [2.45, 2.75) is 0 Å². The lowest BCUT2D eigenvalue weighted by atomic mass is 10.1. The van der Waals surface area contributed by atoms with Crippen LogP contribution >= 0.6 is 46.1 Å². The number of nitrogens with one attached hydrogen (secondary N) is 1. The van der Waals surface area contributed by atoms with Gasteiger partial charge < -0.3 is 5.32 Å². The molecule has 4 aromatic rings. The second-order valence-electron chi connectivity index (χ2n) is 5.31. The smallest absolute Gasteiger partial charge is 0.143 e. The Hall–Kier alpha value is -1.85. The summed E-state index contributed by atoms with van der Waals surface area (Å²) >= 11 is 19.9. The monoisotopic (exact) mass is 405 g/mol. The molecule has 0 bridgehead atoms. The molecule has 0 fully saturated rings. The largest absolute Gasteiger partial charge is 0.338 e. The van der Waals surface area contributed by atoms with E-state index in [4.69, 9.17) is 34.8 Å². The zero-order valence-corrected chi connectivity index (χ0v) is 15.7. The summed E-state index contributed by atoms with van der Waals surface area (Å²) in [4.78, 5) is 9.66. The van der Waals surface area contributed by atoms with Crippen molar-refractivity contribution >= 4 is 67.9 Å². The molecule has 25 heavy (non-hydrogen) atoms. The molecule has 7 heteroatoms. The summed E-state index contributed by atoms with van der Waals surface area (Å²) < 4.78 is 0. The lowest BCUT2D eigenvalue weighted by molar-refractivity contribution is 1.23. The highest BCUT2D eigenvalue weighted by Crippen LogP contribution is 2.38. The number of hydrogen-bond acceptors (Lipinski definition) is 4. The van der Waals surface area contributed by atoms with Crippen LogP contribution in [0.5, 0.6) is 0 Å². The van der Waals surface area contributed by atoms with E-state index in [1.807, 2.05) is 24.3 Å². The molecule has 0 aliphatic rings. The quantitative estimate of drug-likeness (QED) is 0.395. The average molecular weight is 407 g/mol. The number of fused-ring (bicyclic) bond motifs is 1. The molecule has 3 nitrogen and oxygen atoms in total. The Morgan fingerprint density at radius 2 is 1.64 bits per heavy atom. The molecular formula is C18H10Cl3N3S. The van der Waals surface area contributed by atoms with E-state index in [1.165, 1.54) is 6.33 Å². The van der Waals surface area contributed by atoms with Gasteiger partial charge in [0.2, 0.25) is 0 Å². The first kappa shape index (κ1) is 16.6. The summed E-state index contributed by atoms with van der Waals surface area (Å²) in [5.74, 6) is 0.681. The minimum atomic E-state index is 0.569. The van der Waals surface area contributed by atoms with Crippen LogP contribution in [0.3, 0.4) is 0 Å². The standard InChI is InChI=1S/C18H10Cl3N3S/c19-11-3-1-10(2-4-11)13-8-25-18-16(13)17(22-9-23-18)24-15-7-12(20)5-6-14(15)21/h1-9H,(H,22,23,24). The van der Waals surface area contributed by atoms with Gasteiger partial charge in [0.15, 0.2) is 0 Å². The maximum absolute atomic E-state index is 6.27. The fraction of sp³-hybridized carbons (Fsp3) is 0. The number of hydrogen-bond donors (Lipinski definition) is 1. The molecule has 2 aromatic carbocycles. The highest BCUT2D eigenvalue weighted by Gasteiger charge is 2.14. The zero-order chi connectivity index (χ0) is 17.4. The van der Waals surface area contributed by atoms with Gasteiger partial charge in [-0.2, -0.15) is 0 Å². The minimum Gasteiger partial charge on any atom is -0.338 e. The molecule has 124 valence electrons. The molecular weight excluding hydrogens is 397 g/mol. The molecule has 0 atom stereocenters. The first-order chi connectivity index (χ1) is 12.1. The summed E-state index contributed by atoms with van der Waals surface area (Å²) in [6.07, 6.45) is 1.53. The second kappa shape index (κ2) is 6.81. The van der Waals surface area contributed by atoms with E-state index < -0.39 is 0 Å². The summed E-state index contributed by atoms with van der Waals surface area (Å²) in [5, 5.41) is 8.14. The molecule has 0 saturated carbocycles. The number of thiophene rings is 1. The van der Waals surface area contributed by atoms with E-state index in [0.29, 0.717) is 26.6 Å². The molecule has 0 amide bonds. The molecule has 0 unspecified atom stereocenters. The molecule has 0 aliphatic carbocycles. The third kappa shape index (κ3) is 3.31. The number of benzene rings is 2. The number of aromatic nitrogens is 2. The van der Waals surface area contributed by atoms with Crippen molar-refractivity contribution in [1.29, 1.82) is 0 Å². The van der Waals surface area contributed by atoms with Crippen LogP contribution in [0.1, 0.15) is 0 Å². The summed E-state index contributed by atoms with van der Waals surface area (Å²) in [6, 6.07) is 13.0. The highest BCUT2D eigenvalue weighted by atomic mass is 35.5. The van der Waals surface area contributed by atoms with Gasteiger partial charge in [-0.25, -0.2) is 9.97 Å². The Labute approximate surface area is 163 Å². The lowest BCUT2D eigenvalue weighted by Crippen LogP contribution is -1.96. The van der Waals surface area contributed by atoms with Gasteiger partial charge in [-0.3, -0.25) is 0 Å². The predicted octanol–water partition coefficient (Wildman–Crippen LogP) is 7.06. The first-order valence-electron chi connectivity index (χ1n) is 7.32. The third-order valence-electron chi connectivity index (χ3n) is 3.71. The maximum Gasteiger partial charge on any atom is 0.143 e. The maximum atomic E-state index is 6.27. The number of rotatable bonds is 3. The fourth-order valence-corrected chi connectivity index (χ4v) is 3.91. The van der Waals surface area contributed by atoms with Crippen molar-refractivity contribution in [3.05, 3.63) is 69.2 Å². The Kier molecular flexibility index (Phi) is 4.52. The Morgan fingerprint density at radius 3 is 2.44 bits per heavy atom. The van der Waals surface area contributed by atoms with E-state index in [9.17, 15) is 0 Å². The van der Waals surface area contributed by atoms with Gasteiger partial charge in [-0.1, -0.05) is 46.9 Å². The molecule has 1 N–H and O–H groups in total. The van der Waals surface area contributed by atoms with Crippen molar-refractivity contribution < 1.29 is 0 Å². The summed E-state index contributed by atoms with van der Waals surface area (Å²) in [5.41, 5.74) is 2.78.